The van der Waals surface area contributed by atoms with E-state index in [4.69, 9.17) is 0 Å². The summed E-state index contributed by atoms with van der Waals surface area (Å²) in [5.74, 6) is -1.66. The highest BCUT2D eigenvalue weighted by Crippen LogP contribution is 2.38. The Balaban J connectivity index is 1.95. The first kappa shape index (κ1) is 16.0. The van der Waals surface area contributed by atoms with Crippen molar-refractivity contribution in [3.05, 3.63) is 33.3 Å². The molecule has 23 heavy (non-hydrogen) atoms. The molecule has 3 amide bonds. The van der Waals surface area contributed by atoms with Crippen LogP contribution in [0.2, 0.25) is 0 Å². The molecule has 2 heterocycles. The van der Waals surface area contributed by atoms with E-state index in [0.717, 1.165) is 12.1 Å². The first-order chi connectivity index (χ1) is 10.7. The Hall–Kier alpha value is -1.90. The molecule has 1 N–H and O–H groups in total. The molecule has 1 atom stereocenters. The minimum Gasteiger partial charge on any atom is -0.322 e. The van der Waals surface area contributed by atoms with Crippen LogP contribution in [0.25, 0.3) is 0 Å². The third-order valence-corrected chi connectivity index (χ3v) is 4.64. The van der Waals surface area contributed by atoms with Gasteiger partial charge in [-0.3, -0.25) is 19.7 Å². The molecule has 0 radical (unpaired) electrons. The molecule has 0 bridgehead atoms. The van der Waals surface area contributed by atoms with Crippen molar-refractivity contribution in [1.29, 1.82) is 0 Å². The van der Waals surface area contributed by atoms with Gasteiger partial charge in [-0.1, -0.05) is 15.9 Å². The van der Waals surface area contributed by atoms with E-state index in [1.165, 1.54) is 4.90 Å². The van der Waals surface area contributed by atoms with E-state index in [1.54, 1.807) is 0 Å². The zero-order chi connectivity index (χ0) is 16.9. The number of rotatable bonds is 1. The van der Waals surface area contributed by atoms with E-state index in [-0.39, 0.29) is 29.4 Å². The Morgan fingerprint density at radius 3 is 2.52 bits per heavy atom. The standard InChI is InChI=1S/C14H10BrF3N2O3/c15-9-4-6(14(16,17)18)3-7-8(9)5-20(13(7)23)10-1-2-11(21)19-12(10)22/h3-4,10H,1-2,5H2,(H,19,21,22). The molecule has 1 aromatic rings. The van der Waals surface area contributed by atoms with Crippen molar-refractivity contribution < 1.29 is 27.6 Å². The van der Waals surface area contributed by atoms with Gasteiger partial charge in [0.05, 0.1) is 5.56 Å². The van der Waals surface area contributed by atoms with Crippen LogP contribution in [0.1, 0.15) is 34.3 Å². The maximum Gasteiger partial charge on any atom is 0.416 e. The van der Waals surface area contributed by atoms with E-state index in [0.29, 0.717) is 5.56 Å². The molecule has 0 aromatic heterocycles. The third-order valence-electron chi connectivity index (χ3n) is 3.93. The lowest BCUT2D eigenvalue weighted by Gasteiger charge is -2.29. The number of fused-ring (bicyclic) bond motifs is 1. The van der Waals surface area contributed by atoms with Crippen LogP contribution in [0.5, 0.6) is 0 Å². The van der Waals surface area contributed by atoms with Gasteiger partial charge in [0.1, 0.15) is 6.04 Å². The summed E-state index contributed by atoms with van der Waals surface area (Å²) in [6.07, 6.45) is -4.32. The normalized spacial score (nSPS) is 21.5. The highest BCUT2D eigenvalue weighted by Gasteiger charge is 2.41. The van der Waals surface area contributed by atoms with E-state index in [2.05, 4.69) is 21.2 Å². The van der Waals surface area contributed by atoms with Gasteiger partial charge in [-0.25, -0.2) is 0 Å². The van der Waals surface area contributed by atoms with Crippen LogP contribution in [0.3, 0.4) is 0 Å². The van der Waals surface area contributed by atoms with Crippen molar-refractivity contribution in [3.63, 3.8) is 0 Å². The Kier molecular flexibility index (Phi) is 3.70. The monoisotopic (exact) mass is 390 g/mol. The zero-order valence-electron chi connectivity index (χ0n) is 11.5. The minimum atomic E-state index is -4.57. The number of piperidine rings is 1. The fraction of sp³-hybridized carbons (Fsp3) is 0.357. The molecule has 122 valence electrons. The van der Waals surface area contributed by atoms with Crippen molar-refractivity contribution in [2.24, 2.45) is 0 Å². The SMILES string of the molecule is O=C1CCC(N2Cc3c(Br)cc(C(F)(F)F)cc3C2=O)C(=O)N1. The molecule has 1 unspecified atom stereocenters. The number of amides is 3. The topological polar surface area (TPSA) is 66.5 Å². The molecule has 0 spiro atoms. The number of nitrogens with one attached hydrogen (secondary N) is 1. The first-order valence-corrected chi connectivity index (χ1v) is 7.52. The van der Waals surface area contributed by atoms with E-state index >= 15 is 0 Å². The van der Waals surface area contributed by atoms with Crippen LogP contribution < -0.4 is 5.32 Å². The van der Waals surface area contributed by atoms with E-state index in [9.17, 15) is 27.6 Å². The summed E-state index contributed by atoms with van der Waals surface area (Å²) in [7, 11) is 0. The molecule has 5 nitrogen and oxygen atoms in total. The second kappa shape index (κ2) is 5.33. The second-order valence-electron chi connectivity index (χ2n) is 5.38. The summed E-state index contributed by atoms with van der Waals surface area (Å²) in [5, 5.41) is 2.14. The van der Waals surface area contributed by atoms with Gasteiger partial charge < -0.3 is 4.90 Å². The number of hydrogen-bond donors (Lipinski definition) is 1. The van der Waals surface area contributed by atoms with Crippen molar-refractivity contribution in [1.82, 2.24) is 10.2 Å². The Morgan fingerprint density at radius 2 is 1.91 bits per heavy atom. The molecular formula is C14H10BrF3N2O3. The fourth-order valence-corrected chi connectivity index (χ4v) is 3.37. The van der Waals surface area contributed by atoms with Crippen LogP contribution in [0.4, 0.5) is 13.2 Å². The maximum absolute atomic E-state index is 12.9. The predicted molar refractivity (Wildman–Crippen MR) is 75.2 cm³/mol. The molecule has 2 aliphatic heterocycles. The lowest BCUT2D eigenvalue weighted by molar-refractivity contribution is -0.138. The number of hydrogen-bond acceptors (Lipinski definition) is 3. The smallest absolute Gasteiger partial charge is 0.322 e. The van der Waals surface area contributed by atoms with Gasteiger partial charge in [0.2, 0.25) is 11.8 Å². The molecule has 9 heteroatoms. The van der Waals surface area contributed by atoms with Crippen molar-refractivity contribution in [2.45, 2.75) is 31.6 Å². The van der Waals surface area contributed by atoms with Gasteiger partial charge in [0, 0.05) is 23.0 Å². The summed E-state index contributed by atoms with van der Waals surface area (Å²) in [5.41, 5.74) is -0.592. The maximum atomic E-state index is 12.9. The van der Waals surface area contributed by atoms with Crippen molar-refractivity contribution in [3.8, 4) is 0 Å². The molecule has 1 aromatic carbocycles. The lowest BCUT2D eigenvalue weighted by atomic mass is 10.0. The van der Waals surface area contributed by atoms with Crippen LogP contribution >= 0.6 is 15.9 Å². The number of carbonyl (C=O) groups is 3. The third kappa shape index (κ3) is 2.73. The summed E-state index contributed by atoms with van der Waals surface area (Å²) in [6, 6.07) is 0.864. The average molecular weight is 391 g/mol. The Bertz CT molecular complexity index is 733. The molecule has 0 saturated carbocycles. The van der Waals surface area contributed by atoms with Gasteiger partial charge in [0.25, 0.3) is 5.91 Å². The van der Waals surface area contributed by atoms with Gasteiger partial charge in [0.15, 0.2) is 0 Å². The highest BCUT2D eigenvalue weighted by atomic mass is 79.9. The number of alkyl halides is 3. The number of imide groups is 1. The fourth-order valence-electron chi connectivity index (χ4n) is 2.78. The quantitative estimate of drug-likeness (QED) is 0.747. The number of halogens is 4. The van der Waals surface area contributed by atoms with Crippen LogP contribution in [-0.4, -0.2) is 28.7 Å². The molecule has 2 aliphatic rings. The molecule has 0 aliphatic carbocycles. The van der Waals surface area contributed by atoms with E-state index in [1.807, 2.05) is 0 Å². The molecule has 1 saturated heterocycles. The van der Waals surface area contributed by atoms with Crippen molar-refractivity contribution >= 4 is 33.7 Å². The summed E-state index contributed by atoms with van der Waals surface area (Å²) in [4.78, 5) is 36.7. The number of carbonyl (C=O) groups excluding carboxylic acids is 3. The van der Waals surface area contributed by atoms with Crippen molar-refractivity contribution in [2.75, 3.05) is 0 Å². The molecular weight excluding hydrogens is 381 g/mol. The van der Waals surface area contributed by atoms with Crippen LogP contribution in [-0.2, 0) is 22.3 Å². The van der Waals surface area contributed by atoms with Gasteiger partial charge in [-0.15, -0.1) is 0 Å². The molecule has 3 rings (SSSR count). The zero-order valence-corrected chi connectivity index (χ0v) is 13.1. The molecule has 1 fully saturated rings. The summed E-state index contributed by atoms with van der Waals surface area (Å²) < 4.78 is 38.8. The van der Waals surface area contributed by atoms with Gasteiger partial charge in [-0.2, -0.15) is 13.2 Å². The predicted octanol–water partition coefficient (Wildman–Crippen LogP) is 2.23. The first-order valence-electron chi connectivity index (χ1n) is 6.73. The van der Waals surface area contributed by atoms with E-state index < -0.39 is 35.5 Å². The minimum absolute atomic E-state index is 0.0269. The van der Waals surface area contributed by atoms with Crippen LogP contribution in [0.15, 0.2) is 16.6 Å². The number of benzene rings is 1. The summed E-state index contributed by atoms with van der Waals surface area (Å²) in [6.45, 7) is 0.0269. The highest BCUT2D eigenvalue weighted by molar-refractivity contribution is 9.10. The second-order valence-corrected chi connectivity index (χ2v) is 6.24. The summed E-state index contributed by atoms with van der Waals surface area (Å²) >= 11 is 3.06. The Morgan fingerprint density at radius 1 is 1.22 bits per heavy atom. The Labute approximate surface area is 136 Å². The van der Waals surface area contributed by atoms with Crippen LogP contribution in [0, 0.1) is 0 Å². The lowest BCUT2D eigenvalue weighted by Crippen LogP contribution is -2.52. The largest absolute Gasteiger partial charge is 0.416 e. The van der Waals surface area contributed by atoms with Gasteiger partial charge in [-0.05, 0) is 24.1 Å². The van der Waals surface area contributed by atoms with Gasteiger partial charge >= 0.3 is 6.18 Å². The average Bonchev–Trinajstić information content (AvgIpc) is 2.76. The number of nitrogens with zero attached hydrogens (tertiary/aromatic N) is 1.